The predicted octanol–water partition coefficient (Wildman–Crippen LogP) is 3.10. The van der Waals surface area contributed by atoms with Crippen LogP contribution in [-0.4, -0.2) is 16.0 Å². The summed E-state index contributed by atoms with van der Waals surface area (Å²) in [5.74, 6) is 0.836. The normalized spacial score (nSPS) is 21.1. The fraction of sp³-hybridized carbons (Fsp3) is 0.714. The van der Waals surface area contributed by atoms with Crippen LogP contribution in [0.3, 0.4) is 0 Å². The number of nitrogens with zero attached hydrogens (tertiary/aromatic N) is 2. The zero-order valence-corrected chi connectivity index (χ0v) is 10.9. The van der Waals surface area contributed by atoms with Crippen LogP contribution < -0.4 is 5.32 Å². The molecule has 0 bridgehead atoms. The van der Waals surface area contributed by atoms with Crippen molar-refractivity contribution < 1.29 is 0 Å². The van der Waals surface area contributed by atoms with Crippen molar-refractivity contribution in [2.24, 2.45) is 5.92 Å². The molecule has 2 rings (SSSR count). The lowest BCUT2D eigenvalue weighted by Gasteiger charge is -2.30. The van der Waals surface area contributed by atoms with E-state index in [1.165, 1.54) is 32.1 Å². The second-order valence-corrected chi connectivity index (χ2v) is 5.21. The van der Waals surface area contributed by atoms with Gasteiger partial charge in [0.1, 0.15) is 0 Å². The Kier molecular flexibility index (Phi) is 4.49. The fourth-order valence-electron chi connectivity index (χ4n) is 2.78. The maximum absolute atomic E-state index is 4.35. The molecular formula is C14H23N3. The zero-order chi connectivity index (χ0) is 12.1. The van der Waals surface area contributed by atoms with E-state index in [0.717, 1.165) is 11.6 Å². The van der Waals surface area contributed by atoms with Gasteiger partial charge < -0.3 is 5.32 Å². The smallest absolute Gasteiger partial charge is 0.0753 e. The number of rotatable bonds is 4. The lowest BCUT2D eigenvalue weighted by atomic mass is 9.84. The second kappa shape index (κ2) is 6.10. The third kappa shape index (κ3) is 3.50. The molecule has 1 aromatic heterocycles. The Bertz CT molecular complexity index is 319. The van der Waals surface area contributed by atoms with Gasteiger partial charge in [-0.25, -0.2) is 0 Å². The topological polar surface area (TPSA) is 37.8 Å². The third-order valence-electron chi connectivity index (χ3n) is 3.90. The SMILES string of the molecule is CC(NC(C)C1CCCCC1)c1cnccn1. The Morgan fingerprint density at radius 3 is 2.59 bits per heavy atom. The van der Waals surface area contributed by atoms with E-state index in [0.29, 0.717) is 12.1 Å². The molecule has 0 aliphatic heterocycles. The molecule has 2 atom stereocenters. The molecule has 1 fully saturated rings. The molecule has 3 heteroatoms. The molecule has 1 aliphatic carbocycles. The highest BCUT2D eigenvalue weighted by Gasteiger charge is 2.21. The maximum Gasteiger partial charge on any atom is 0.0753 e. The first-order valence-electron chi connectivity index (χ1n) is 6.79. The van der Waals surface area contributed by atoms with E-state index in [9.17, 15) is 0 Å². The number of hydrogen-bond acceptors (Lipinski definition) is 3. The number of nitrogens with one attached hydrogen (secondary N) is 1. The monoisotopic (exact) mass is 233 g/mol. The number of aromatic nitrogens is 2. The predicted molar refractivity (Wildman–Crippen MR) is 69.6 cm³/mol. The van der Waals surface area contributed by atoms with Crippen molar-refractivity contribution in [3.05, 3.63) is 24.3 Å². The summed E-state index contributed by atoms with van der Waals surface area (Å²) in [7, 11) is 0. The minimum Gasteiger partial charge on any atom is -0.306 e. The zero-order valence-electron chi connectivity index (χ0n) is 10.9. The third-order valence-corrected chi connectivity index (χ3v) is 3.90. The van der Waals surface area contributed by atoms with Crippen molar-refractivity contribution in [2.75, 3.05) is 0 Å². The molecule has 0 amide bonds. The van der Waals surface area contributed by atoms with Crippen LogP contribution >= 0.6 is 0 Å². The summed E-state index contributed by atoms with van der Waals surface area (Å²) < 4.78 is 0. The lowest BCUT2D eigenvalue weighted by molar-refractivity contribution is 0.267. The van der Waals surface area contributed by atoms with E-state index in [1.807, 2.05) is 6.20 Å². The second-order valence-electron chi connectivity index (χ2n) is 5.21. The van der Waals surface area contributed by atoms with Gasteiger partial charge >= 0.3 is 0 Å². The van der Waals surface area contributed by atoms with E-state index < -0.39 is 0 Å². The minimum absolute atomic E-state index is 0.292. The Balaban J connectivity index is 1.87. The van der Waals surface area contributed by atoms with Crippen molar-refractivity contribution in [3.8, 4) is 0 Å². The minimum atomic E-state index is 0.292. The Labute approximate surface area is 104 Å². The van der Waals surface area contributed by atoms with E-state index in [2.05, 4.69) is 29.1 Å². The van der Waals surface area contributed by atoms with Gasteiger partial charge in [-0.05, 0) is 32.6 Å². The highest BCUT2D eigenvalue weighted by Crippen LogP contribution is 2.27. The summed E-state index contributed by atoms with van der Waals surface area (Å²) >= 11 is 0. The molecule has 1 aromatic rings. The van der Waals surface area contributed by atoms with Gasteiger partial charge in [-0.1, -0.05) is 19.3 Å². The van der Waals surface area contributed by atoms with E-state index in [4.69, 9.17) is 0 Å². The Hall–Kier alpha value is -0.960. The van der Waals surface area contributed by atoms with Gasteiger partial charge in [-0.15, -0.1) is 0 Å². The van der Waals surface area contributed by atoms with Gasteiger partial charge in [-0.3, -0.25) is 9.97 Å². The van der Waals surface area contributed by atoms with Crippen LogP contribution in [-0.2, 0) is 0 Å². The molecule has 0 aromatic carbocycles. The van der Waals surface area contributed by atoms with Gasteiger partial charge in [0, 0.05) is 30.7 Å². The molecule has 1 heterocycles. The van der Waals surface area contributed by atoms with Gasteiger partial charge in [-0.2, -0.15) is 0 Å². The van der Waals surface area contributed by atoms with Crippen molar-refractivity contribution in [1.29, 1.82) is 0 Å². The lowest BCUT2D eigenvalue weighted by Crippen LogP contribution is -2.36. The van der Waals surface area contributed by atoms with E-state index in [1.54, 1.807) is 12.4 Å². The first-order valence-corrected chi connectivity index (χ1v) is 6.79. The quantitative estimate of drug-likeness (QED) is 0.868. The molecule has 17 heavy (non-hydrogen) atoms. The van der Waals surface area contributed by atoms with Crippen LogP contribution in [0.1, 0.15) is 57.7 Å². The Morgan fingerprint density at radius 2 is 1.94 bits per heavy atom. The Morgan fingerprint density at radius 1 is 1.18 bits per heavy atom. The standard InChI is InChI=1S/C14H23N3/c1-11(13-6-4-3-5-7-13)17-12(2)14-10-15-8-9-16-14/h8-13,17H,3-7H2,1-2H3. The molecule has 0 saturated heterocycles. The highest BCUT2D eigenvalue weighted by molar-refractivity contribution is 5.01. The molecular weight excluding hydrogens is 210 g/mol. The number of hydrogen-bond donors (Lipinski definition) is 1. The van der Waals surface area contributed by atoms with Crippen molar-refractivity contribution in [2.45, 2.75) is 58.0 Å². The van der Waals surface area contributed by atoms with Crippen LogP contribution in [0.2, 0.25) is 0 Å². The van der Waals surface area contributed by atoms with Crippen LogP contribution in [0, 0.1) is 5.92 Å². The summed E-state index contributed by atoms with van der Waals surface area (Å²) in [5, 5.41) is 3.66. The summed E-state index contributed by atoms with van der Waals surface area (Å²) in [6.07, 6.45) is 12.3. The summed E-state index contributed by atoms with van der Waals surface area (Å²) in [5.41, 5.74) is 1.04. The fourth-order valence-corrected chi connectivity index (χ4v) is 2.78. The summed E-state index contributed by atoms with van der Waals surface area (Å²) in [6, 6.07) is 0.868. The first kappa shape index (κ1) is 12.5. The van der Waals surface area contributed by atoms with Gasteiger partial charge in [0.25, 0.3) is 0 Å². The maximum atomic E-state index is 4.35. The average molecular weight is 233 g/mol. The highest BCUT2D eigenvalue weighted by atomic mass is 15.0. The molecule has 0 radical (unpaired) electrons. The van der Waals surface area contributed by atoms with Crippen molar-refractivity contribution in [3.63, 3.8) is 0 Å². The van der Waals surface area contributed by atoms with Crippen LogP contribution in [0.25, 0.3) is 0 Å². The van der Waals surface area contributed by atoms with E-state index >= 15 is 0 Å². The molecule has 94 valence electrons. The summed E-state index contributed by atoms with van der Waals surface area (Å²) in [6.45, 7) is 4.48. The van der Waals surface area contributed by atoms with Crippen molar-refractivity contribution >= 4 is 0 Å². The summed E-state index contributed by atoms with van der Waals surface area (Å²) in [4.78, 5) is 8.47. The van der Waals surface area contributed by atoms with Gasteiger partial charge in [0.2, 0.25) is 0 Å². The molecule has 2 unspecified atom stereocenters. The molecule has 1 N–H and O–H groups in total. The molecule has 1 saturated carbocycles. The molecule has 0 spiro atoms. The van der Waals surface area contributed by atoms with Gasteiger partial charge in [0.05, 0.1) is 5.69 Å². The van der Waals surface area contributed by atoms with Crippen LogP contribution in [0.15, 0.2) is 18.6 Å². The molecule has 1 aliphatic rings. The van der Waals surface area contributed by atoms with Crippen LogP contribution in [0.4, 0.5) is 0 Å². The first-order chi connectivity index (χ1) is 8.27. The van der Waals surface area contributed by atoms with Gasteiger partial charge in [0.15, 0.2) is 0 Å². The average Bonchev–Trinajstić information content (AvgIpc) is 2.40. The van der Waals surface area contributed by atoms with E-state index in [-0.39, 0.29) is 0 Å². The molecule has 3 nitrogen and oxygen atoms in total. The van der Waals surface area contributed by atoms with Crippen LogP contribution in [0.5, 0.6) is 0 Å². The largest absolute Gasteiger partial charge is 0.306 e. The van der Waals surface area contributed by atoms with Crippen molar-refractivity contribution in [1.82, 2.24) is 15.3 Å².